The molecule has 2 saturated heterocycles. The molecule has 2 aliphatic rings. The van der Waals surface area contributed by atoms with E-state index in [0.717, 1.165) is 18.7 Å². The van der Waals surface area contributed by atoms with E-state index >= 15 is 0 Å². The second kappa shape index (κ2) is 4.30. The number of allylic oxidation sites excluding steroid dienone is 1. The van der Waals surface area contributed by atoms with Crippen LogP contribution in [-0.2, 0) is 0 Å². The number of nitrogens with zero attached hydrogens (tertiary/aromatic N) is 3. The summed E-state index contributed by atoms with van der Waals surface area (Å²) in [5, 5.41) is 0.674. The number of fused-ring (bicyclic) bond motifs is 2. The van der Waals surface area contributed by atoms with Crippen LogP contribution in [0.25, 0.3) is 0 Å². The van der Waals surface area contributed by atoms with Gasteiger partial charge in [0.05, 0.1) is 6.20 Å². The van der Waals surface area contributed by atoms with Crippen LogP contribution in [0.3, 0.4) is 0 Å². The van der Waals surface area contributed by atoms with Crippen LogP contribution in [0.4, 0.5) is 5.82 Å². The third-order valence-electron chi connectivity index (χ3n) is 3.92. The number of hydrogen-bond donors (Lipinski definition) is 0. The highest BCUT2D eigenvalue weighted by molar-refractivity contribution is 6.32. The zero-order valence-electron chi connectivity index (χ0n) is 9.93. The molecule has 0 spiro atoms. The van der Waals surface area contributed by atoms with Crippen molar-refractivity contribution in [1.29, 1.82) is 0 Å². The highest BCUT2D eigenvalue weighted by atomic mass is 35.5. The third-order valence-corrected chi connectivity index (χ3v) is 4.18. The Morgan fingerprint density at radius 2 is 2.06 bits per heavy atom. The zero-order chi connectivity index (χ0) is 11.8. The fourth-order valence-electron chi connectivity index (χ4n) is 3.13. The maximum absolute atomic E-state index is 6.20. The first-order valence-corrected chi connectivity index (χ1v) is 6.55. The maximum Gasteiger partial charge on any atom is 0.151 e. The second-order valence-electron chi connectivity index (χ2n) is 4.84. The van der Waals surface area contributed by atoms with Gasteiger partial charge in [0.25, 0.3) is 0 Å². The van der Waals surface area contributed by atoms with E-state index < -0.39 is 0 Å². The molecule has 2 aliphatic heterocycles. The Balaban J connectivity index is 1.94. The van der Waals surface area contributed by atoms with Crippen LogP contribution in [0.15, 0.2) is 24.2 Å². The normalized spacial score (nSPS) is 27.4. The van der Waals surface area contributed by atoms with Crippen molar-refractivity contribution in [3.63, 3.8) is 0 Å². The third kappa shape index (κ3) is 1.82. The smallest absolute Gasteiger partial charge is 0.151 e. The van der Waals surface area contributed by atoms with E-state index in [2.05, 4.69) is 27.9 Å². The SMILES string of the molecule is CC=C1CC2CCC(C1)N2c1ncncc1Cl. The molecular formula is C13H16ClN3. The molecule has 2 fully saturated rings. The summed E-state index contributed by atoms with van der Waals surface area (Å²) in [6.45, 7) is 2.14. The van der Waals surface area contributed by atoms with Crippen LogP contribution in [0.2, 0.25) is 5.02 Å². The molecular weight excluding hydrogens is 234 g/mol. The minimum atomic E-state index is 0.576. The standard InChI is InChI=1S/C13H16ClN3/c1-2-9-5-10-3-4-11(6-9)17(10)13-12(14)7-15-8-16-13/h2,7-8,10-11H,3-6H2,1H3. The summed E-state index contributed by atoms with van der Waals surface area (Å²) in [6, 6.07) is 1.15. The lowest BCUT2D eigenvalue weighted by Crippen LogP contribution is -2.41. The molecule has 2 bridgehead atoms. The van der Waals surface area contributed by atoms with E-state index in [1.54, 1.807) is 18.1 Å². The van der Waals surface area contributed by atoms with Gasteiger partial charge in [-0.15, -0.1) is 0 Å². The first kappa shape index (κ1) is 11.0. The van der Waals surface area contributed by atoms with Crippen LogP contribution in [0.5, 0.6) is 0 Å². The van der Waals surface area contributed by atoms with Gasteiger partial charge in [-0.25, -0.2) is 9.97 Å². The van der Waals surface area contributed by atoms with E-state index in [9.17, 15) is 0 Å². The van der Waals surface area contributed by atoms with Crippen molar-refractivity contribution in [3.05, 3.63) is 29.2 Å². The number of halogens is 1. The minimum Gasteiger partial charge on any atom is -0.349 e. The predicted molar refractivity (Wildman–Crippen MR) is 69.3 cm³/mol. The predicted octanol–water partition coefficient (Wildman–Crippen LogP) is 3.21. The van der Waals surface area contributed by atoms with Crippen LogP contribution in [-0.4, -0.2) is 22.1 Å². The van der Waals surface area contributed by atoms with Crippen molar-refractivity contribution in [2.24, 2.45) is 0 Å². The summed E-state index contributed by atoms with van der Waals surface area (Å²) in [5.41, 5.74) is 1.58. The maximum atomic E-state index is 6.20. The first-order valence-electron chi connectivity index (χ1n) is 6.17. The van der Waals surface area contributed by atoms with Crippen molar-refractivity contribution < 1.29 is 0 Å². The molecule has 4 heteroatoms. The summed E-state index contributed by atoms with van der Waals surface area (Å²) in [4.78, 5) is 10.7. The van der Waals surface area contributed by atoms with Gasteiger partial charge in [-0.1, -0.05) is 23.3 Å². The lowest BCUT2D eigenvalue weighted by Gasteiger charge is -2.37. The minimum absolute atomic E-state index is 0.576. The van der Waals surface area contributed by atoms with Crippen molar-refractivity contribution in [3.8, 4) is 0 Å². The van der Waals surface area contributed by atoms with Crippen LogP contribution >= 0.6 is 11.6 Å². The van der Waals surface area contributed by atoms with Gasteiger partial charge in [0, 0.05) is 12.1 Å². The molecule has 0 aromatic carbocycles. The van der Waals surface area contributed by atoms with Crippen molar-refractivity contribution >= 4 is 17.4 Å². The summed E-state index contributed by atoms with van der Waals surface area (Å²) in [7, 11) is 0. The summed E-state index contributed by atoms with van der Waals surface area (Å²) < 4.78 is 0. The monoisotopic (exact) mass is 249 g/mol. The molecule has 0 amide bonds. The van der Waals surface area contributed by atoms with E-state index in [4.69, 9.17) is 11.6 Å². The molecule has 2 unspecified atom stereocenters. The highest BCUT2D eigenvalue weighted by Crippen LogP contribution is 2.42. The van der Waals surface area contributed by atoms with Gasteiger partial charge in [-0.2, -0.15) is 0 Å². The Hall–Kier alpha value is -1.09. The molecule has 0 N–H and O–H groups in total. The van der Waals surface area contributed by atoms with E-state index in [1.165, 1.54) is 12.8 Å². The summed E-state index contributed by atoms with van der Waals surface area (Å²) in [5.74, 6) is 0.921. The van der Waals surface area contributed by atoms with Gasteiger partial charge in [0.2, 0.25) is 0 Å². The van der Waals surface area contributed by atoms with Gasteiger partial charge in [-0.3, -0.25) is 0 Å². The van der Waals surface area contributed by atoms with E-state index in [0.29, 0.717) is 17.1 Å². The molecule has 0 saturated carbocycles. The molecule has 1 aromatic rings. The lowest BCUT2D eigenvalue weighted by molar-refractivity contribution is 0.543. The van der Waals surface area contributed by atoms with Crippen LogP contribution < -0.4 is 4.90 Å². The lowest BCUT2D eigenvalue weighted by atomic mass is 9.96. The quantitative estimate of drug-likeness (QED) is 0.716. The van der Waals surface area contributed by atoms with Crippen LogP contribution in [0, 0.1) is 0 Å². The molecule has 0 radical (unpaired) electrons. The Morgan fingerprint density at radius 3 is 2.65 bits per heavy atom. The highest BCUT2D eigenvalue weighted by Gasteiger charge is 2.39. The Bertz CT molecular complexity index is 442. The van der Waals surface area contributed by atoms with E-state index in [1.807, 2.05) is 0 Å². The van der Waals surface area contributed by atoms with Gasteiger partial charge in [0.1, 0.15) is 11.3 Å². The average Bonchev–Trinajstić information content (AvgIpc) is 2.60. The van der Waals surface area contributed by atoms with Gasteiger partial charge in [-0.05, 0) is 32.6 Å². The Kier molecular flexibility index (Phi) is 2.79. The molecule has 3 heterocycles. The molecule has 3 nitrogen and oxygen atoms in total. The van der Waals surface area contributed by atoms with Crippen molar-refractivity contribution in [2.75, 3.05) is 4.90 Å². The van der Waals surface area contributed by atoms with E-state index in [-0.39, 0.29) is 0 Å². The van der Waals surface area contributed by atoms with Gasteiger partial charge >= 0.3 is 0 Å². The fraction of sp³-hybridized carbons (Fsp3) is 0.538. The second-order valence-corrected chi connectivity index (χ2v) is 5.25. The number of rotatable bonds is 1. The van der Waals surface area contributed by atoms with Crippen molar-refractivity contribution in [1.82, 2.24) is 9.97 Å². The number of aromatic nitrogens is 2. The Morgan fingerprint density at radius 1 is 1.35 bits per heavy atom. The molecule has 17 heavy (non-hydrogen) atoms. The topological polar surface area (TPSA) is 29.0 Å². The molecule has 2 atom stereocenters. The zero-order valence-corrected chi connectivity index (χ0v) is 10.7. The number of hydrogen-bond acceptors (Lipinski definition) is 3. The van der Waals surface area contributed by atoms with Crippen molar-refractivity contribution in [2.45, 2.75) is 44.7 Å². The largest absolute Gasteiger partial charge is 0.349 e. The van der Waals surface area contributed by atoms with Gasteiger partial charge < -0.3 is 4.90 Å². The molecule has 0 aliphatic carbocycles. The Labute approximate surface area is 107 Å². The average molecular weight is 250 g/mol. The number of piperidine rings is 1. The summed E-state index contributed by atoms with van der Waals surface area (Å²) in [6.07, 6.45) is 10.4. The van der Waals surface area contributed by atoms with Gasteiger partial charge in [0.15, 0.2) is 5.82 Å². The molecule has 90 valence electrons. The fourth-order valence-corrected chi connectivity index (χ4v) is 3.33. The van der Waals surface area contributed by atoms with Crippen LogP contribution in [0.1, 0.15) is 32.6 Å². The first-order chi connectivity index (χ1) is 8.29. The summed E-state index contributed by atoms with van der Waals surface area (Å²) >= 11 is 6.20. The molecule has 3 rings (SSSR count). The number of anilines is 1. The molecule has 1 aromatic heterocycles.